The van der Waals surface area contributed by atoms with Crippen molar-refractivity contribution in [2.75, 3.05) is 0 Å². The zero-order valence-electron chi connectivity index (χ0n) is 34.6. The highest BCUT2D eigenvalue weighted by atomic mass is 16.3. The summed E-state index contributed by atoms with van der Waals surface area (Å²) < 4.78 is 8.98. The van der Waals surface area contributed by atoms with Gasteiger partial charge in [-0.3, -0.25) is 0 Å². The second kappa shape index (κ2) is 14.0. The van der Waals surface area contributed by atoms with E-state index in [1.54, 1.807) is 6.07 Å². The fourth-order valence-electron chi connectivity index (χ4n) is 9.78. The summed E-state index contributed by atoms with van der Waals surface area (Å²) in [4.78, 5) is 16.1. The molecule has 0 saturated carbocycles. The molecule has 0 bridgehead atoms. The summed E-state index contributed by atoms with van der Waals surface area (Å²) in [6, 6.07) is 67.0. The second-order valence-corrected chi connectivity index (χ2v) is 16.6. The zero-order chi connectivity index (χ0) is 42.5. The lowest BCUT2D eigenvalue weighted by Crippen LogP contribution is -2.05. The van der Waals surface area contributed by atoms with E-state index in [-0.39, 0.29) is 5.75 Å². The molecule has 0 radical (unpaired) electrons. The monoisotopic (exact) mass is 820 g/mol. The second-order valence-electron chi connectivity index (χ2n) is 16.6. The smallest absolute Gasteiger partial charge is 0.167 e. The maximum Gasteiger partial charge on any atom is 0.167 e. The standard InChI is InChI=1S/C58H36N4O2/c1-34-29-50(62-49-28-27-36-14-6-7-18-41(36)54(49)47-31-38-16-4-5-17-39(38)32-51(47)62)48(33-46(34)42-19-8-10-23-52(42)63)58-60-56(40-26-25-35-13-2-3-15-37(35)30-40)59-57(61-58)45-22-12-21-44-43-20-9-11-24-53(43)64-55(44)45/h2-33,63H,1H3. The van der Waals surface area contributed by atoms with E-state index >= 15 is 0 Å². The number of aryl methyl sites for hydroxylation is 1. The number of aromatic hydroxyl groups is 1. The van der Waals surface area contributed by atoms with Crippen LogP contribution >= 0.6 is 0 Å². The Morgan fingerprint density at radius 1 is 0.422 bits per heavy atom. The average molecular weight is 821 g/mol. The van der Waals surface area contributed by atoms with E-state index in [0.717, 1.165) is 88.0 Å². The highest BCUT2D eigenvalue weighted by Crippen LogP contribution is 2.44. The third-order valence-corrected chi connectivity index (χ3v) is 12.8. The van der Waals surface area contributed by atoms with Gasteiger partial charge in [0.15, 0.2) is 17.5 Å². The lowest BCUT2D eigenvalue weighted by atomic mass is 9.95. The number of fused-ring (bicyclic) bond motifs is 10. The van der Waals surface area contributed by atoms with Gasteiger partial charge < -0.3 is 14.1 Å². The maximum atomic E-state index is 11.4. The van der Waals surface area contributed by atoms with Crippen LogP contribution in [0.25, 0.3) is 127 Å². The quantitative estimate of drug-likeness (QED) is 0.187. The number of nitrogens with zero attached hydrogens (tertiary/aromatic N) is 4. The van der Waals surface area contributed by atoms with Crippen molar-refractivity contribution in [1.82, 2.24) is 19.5 Å². The Kier molecular flexibility index (Phi) is 7.87. The van der Waals surface area contributed by atoms with E-state index in [0.29, 0.717) is 23.1 Å². The fraction of sp³-hybridized carbons (Fsp3) is 0.0172. The maximum absolute atomic E-state index is 11.4. The fourth-order valence-corrected chi connectivity index (χ4v) is 9.78. The molecule has 0 spiro atoms. The molecular formula is C58H36N4O2. The summed E-state index contributed by atoms with van der Waals surface area (Å²) in [5, 5.41) is 22.6. The summed E-state index contributed by atoms with van der Waals surface area (Å²) in [6.07, 6.45) is 0. The van der Waals surface area contributed by atoms with Gasteiger partial charge in [-0.05, 0) is 105 Å². The number of phenolic OH excluding ortho intramolecular Hbond substituents is 1. The van der Waals surface area contributed by atoms with Gasteiger partial charge in [0.2, 0.25) is 0 Å². The highest BCUT2D eigenvalue weighted by Gasteiger charge is 2.24. The molecule has 1 N–H and O–H groups in total. The molecule has 3 aromatic heterocycles. The number of benzene rings is 10. The van der Waals surface area contributed by atoms with Crippen molar-refractivity contribution in [2.24, 2.45) is 0 Å². The van der Waals surface area contributed by atoms with Gasteiger partial charge in [0.05, 0.1) is 22.3 Å². The number of hydrogen-bond donors (Lipinski definition) is 1. The van der Waals surface area contributed by atoms with E-state index in [4.69, 9.17) is 19.4 Å². The third-order valence-electron chi connectivity index (χ3n) is 12.8. The average Bonchev–Trinajstić information content (AvgIpc) is 3.89. The highest BCUT2D eigenvalue weighted by molar-refractivity contribution is 6.23. The molecule has 0 unspecified atom stereocenters. The Labute approximate surface area is 367 Å². The zero-order valence-corrected chi connectivity index (χ0v) is 34.6. The van der Waals surface area contributed by atoms with Crippen LogP contribution in [0, 0.1) is 6.92 Å². The van der Waals surface area contributed by atoms with E-state index in [1.807, 2.05) is 48.5 Å². The summed E-state index contributed by atoms with van der Waals surface area (Å²) in [6.45, 7) is 2.11. The lowest BCUT2D eigenvalue weighted by molar-refractivity contribution is 0.477. The van der Waals surface area contributed by atoms with Gasteiger partial charge in [-0.1, -0.05) is 140 Å². The number of phenols is 1. The van der Waals surface area contributed by atoms with E-state index in [2.05, 4.69) is 151 Å². The number of aromatic nitrogens is 4. The number of hydrogen-bond acceptors (Lipinski definition) is 5. The largest absolute Gasteiger partial charge is 0.507 e. The molecular weight excluding hydrogens is 785 g/mol. The van der Waals surface area contributed by atoms with Crippen LogP contribution < -0.4 is 0 Å². The molecule has 10 aromatic carbocycles. The summed E-state index contributed by atoms with van der Waals surface area (Å²) in [5.74, 6) is 1.72. The van der Waals surface area contributed by atoms with Crippen LogP contribution in [0.3, 0.4) is 0 Å². The van der Waals surface area contributed by atoms with Crippen molar-refractivity contribution >= 4 is 76.1 Å². The minimum absolute atomic E-state index is 0.198. The van der Waals surface area contributed by atoms with Gasteiger partial charge in [0, 0.05) is 38.2 Å². The first-order valence-corrected chi connectivity index (χ1v) is 21.5. The van der Waals surface area contributed by atoms with Crippen LogP contribution in [0.4, 0.5) is 0 Å². The van der Waals surface area contributed by atoms with Crippen molar-refractivity contribution in [3.05, 3.63) is 200 Å². The van der Waals surface area contributed by atoms with Crippen LogP contribution in [0.1, 0.15) is 5.56 Å². The molecule has 13 aromatic rings. The first kappa shape index (κ1) is 36.1. The Balaban J connectivity index is 1.17. The Hall–Kier alpha value is -8.61. The van der Waals surface area contributed by atoms with Crippen LogP contribution in [0.15, 0.2) is 199 Å². The molecule has 0 aliphatic heterocycles. The molecule has 0 saturated heterocycles. The lowest BCUT2D eigenvalue weighted by Gasteiger charge is -2.19. The van der Waals surface area contributed by atoms with Crippen LogP contribution in [-0.4, -0.2) is 24.6 Å². The Morgan fingerprint density at radius 2 is 1.05 bits per heavy atom. The normalized spacial score (nSPS) is 11.9. The van der Waals surface area contributed by atoms with E-state index in [9.17, 15) is 5.11 Å². The number of para-hydroxylation sites is 3. The molecule has 0 atom stereocenters. The minimum atomic E-state index is 0.198. The van der Waals surface area contributed by atoms with E-state index in [1.165, 1.54) is 21.5 Å². The van der Waals surface area contributed by atoms with Gasteiger partial charge in [-0.15, -0.1) is 0 Å². The van der Waals surface area contributed by atoms with Crippen LogP contribution in [0.2, 0.25) is 0 Å². The predicted octanol–water partition coefficient (Wildman–Crippen LogP) is 15.0. The van der Waals surface area contributed by atoms with Gasteiger partial charge in [0.1, 0.15) is 16.9 Å². The molecule has 0 aliphatic carbocycles. The number of rotatable bonds is 5. The summed E-state index contributed by atoms with van der Waals surface area (Å²) in [7, 11) is 0. The van der Waals surface area contributed by atoms with Gasteiger partial charge in [-0.25, -0.2) is 15.0 Å². The Morgan fingerprint density at radius 3 is 1.88 bits per heavy atom. The van der Waals surface area contributed by atoms with Crippen molar-refractivity contribution in [2.45, 2.75) is 6.92 Å². The molecule has 13 rings (SSSR count). The van der Waals surface area contributed by atoms with Crippen molar-refractivity contribution in [3.63, 3.8) is 0 Å². The van der Waals surface area contributed by atoms with Gasteiger partial charge in [-0.2, -0.15) is 0 Å². The van der Waals surface area contributed by atoms with Crippen molar-refractivity contribution < 1.29 is 9.52 Å². The molecule has 0 amide bonds. The molecule has 3 heterocycles. The SMILES string of the molecule is Cc1cc(-n2c3cc4ccccc4cc3c3c4ccccc4ccc32)c(-c2nc(-c3ccc4ccccc4c3)nc(-c3cccc4c3oc3ccccc34)n2)cc1-c1ccccc1O. The first-order valence-electron chi connectivity index (χ1n) is 21.5. The molecule has 300 valence electrons. The molecule has 6 heteroatoms. The van der Waals surface area contributed by atoms with Crippen LogP contribution in [-0.2, 0) is 0 Å². The Bertz CT molecular complexity index is 4070. The first-order chi connectivity index (χ1) is 31.5. The molecule has 0 fully saturated rings. The minimum Gasteiger partial charge on any atom is -0.507 e. The van der Waals surface area contributed by atoms with Gasteiger partial charge >= 0.3 is 0 Å². The van der Waals surface area contributed by atoms with Crippen molar-refractivity contribution in [1.29, 1.82) is 0 Å². The predicted molar refractivity (Wildman–Crippen MR) is 262 cm³/mol. The molecule has 6 nitrogen and oxygen atoms in total. The summed E-state index contributed by atoms with van der Waals surface area (Å²) >= 11 is 0. The topological polar surface area (TPSA) is 77.0 Å². The third kappa shape index (κ3) is 5.56. The van der Waals surface area contributed by atoms with Gasteiger partial charge in [0.25, 0.3) is 0 Å². The molecule has 0 aliphatic rings. The van der Waals surface area contributed by atoms with Crippen LogP contribution in [0.5, 0.6) is 5.75 Å². The molecule has 64 heavy (non-hydrogen) atoms. The summed E-state index contributed by atoms with van der Waals surface area (Å²) in [5.41, 5.74) is 9.57. The number of furan rings is 1. The van der Waals surface area contributed by atoms with Crippen molar-refractivity contribution in [3.8, 4) is 56.7 Å². The van der Waals surface area contributed by atoms with E-state index < -0.39 is 0 Å².